The summed E-state index contributed by atoms with van der Waals surface area (Å²) in [5.41, 5.74) is 5.28. The van der Waals surface area contributed by atoms with Crippen molar-refractivity contribution in [2.45, 2.75) is 54.4 Å². The highest BCUT2D eigenvalue weighted by Crippen LogP contribution is 2.43. The predicted octanol–water partition coefficient (Wildman–Crippen LogP) is 6.80. The summed E-state index contributed by atoms with van der Waals surface area (Å²) < 4.78 is 0. The number of hydrogen-bond donors (Lipinski definition) is 1. The molecule has 0 spiro atoms. The molecule has 0 saturated carbocycles. The maximum Gasteiger partial charge on any atom is 0.249 e. The molecule has 1 heterocycles. The second-order valence-electron chi connectivity index (χ2n) is 8.62. The molecule has 0 bridgehead atoms. The molecule has 1 aromatic heterocycles. The van der Waals surface area contributed by atoms with Crippen LogP contribution in [0, 0.1) is 11.3 Å². The van der Waals surface area contributed by atoms with Gasteiger partial charge >= 0.3 is 0 Å². The standard InChI is InChI=1S/C26H34N2O/c1-19(13-14-23-22(4)21(3)15-16-26(23,5)6)10-9-11-20(2)18-25(29)28-24-12-7-8-17-27-24/h7-14,17-18,21H,15-16H2,1-6H3,(H,27,28,29)/b11-9+,14-13+,19-10+,20-18-. The molecule has 0 fully saturated rings. The van der Waals surface area contributed by atoms with Gasteiger partial charge in [0.15, 0.2) is 0 Å². The minimum absolute atomic E-state index is 0.178. The van der Waals surface area contributed by atoms with Crippen LogP contribution in [0.25, 0.3) is 0 Å². The van der Waals surface area contributed by atoms with Gasteiger partial charge in [-0.3, -0.25) is 4.79 Å². The first-order valence-electron chi connectivity index (χ1n) is 10.3. The normalized spacial score (nSPS) is 20.6. The van der Waals surface area contributed by atoms with Crippen LogP contribution in [0.4, 0.5) is 5.82 Å². The third-order valence-electron chi connectivity index (χ3n) is 5.60. The second-order valence-corrected chi connectivity index (χ2v) is 8.62. The highest BCUT2D eigenvalue weighted by Gasteiger charge is 2.29. The summed E-state index contributed by atoms with van der Waals surface area (Å²) in [5, 5.41) is 2.75. The molecule has 3 nitrogen and oxygen atoms in total. The van der Waals surface area contributed by atoms with Crippen LogP contribution in [-0.4, -0.2) is 10.9 Å². The molecule has 0 saturated heterocycles. The number of allylic oxidation sites excluding steroid dienone is 9. The number of nitrogens with one attached hydrogen (secondary N) is 1. The molecule has 1 N–H and O–H groups in total. The summed E-state index contributed by atoms with van der Waals surface area (Å²) in [6.07, 6.45) is 16.2. The van der Waals surface area contributed by atoms with Gasteiger partial charge in [-0.05, 0) is 68.2 Å². The maximum atomic E-state index is 12.0. The Labute approximate surface area is 176 Å². The third kappa shape index (κ3) is 7.01. The van der Waals surface area contributed by atoms with Crippen molar-refractivity contribution >= 4 is 11.7 Å². The molecule has 1 amide bonds. The lowest BCUT2D eigenvalue weighted by atomic mass is 9.69. The Morgan fingerprint density at radius 1 is 1.21 bits per heavy atom. The maximum absolute atomic E-state index is 12.0. The smallest absolute Gasteiger partial charge is 0.249 e. The van der Waals surface area contributed by atoms with Crippen molar-refractivity contribution in [1.29, 1.82) is 0 Å². The number of rotatable bonds is 6. The van der Waals surface area contributed by atoms with E-state index in [9.17, 15) is 4.79 Å². The van der Waals surface area contributed by atoms with Gasteiger partial charge in [-0.15, -0.1) is 0 Å². The van der Waals surface area contributed by atoms with E-state index in [4.69, 9.17) is 0 Å². The molecule has 1 aromatic rings. The van der Waals surface area contributed by atoms with Crippen molar-refractivity contribution in [3.8, 4) is 0 Å². The Kier molecular flexibility index (Phi) is 7.95. The average Bonchev–Trinajstić information content (AvgIpc) is 2.65. The SMILES string of the molecule is CC1=C(/C=C/C(C)=C/C=C/C(C)=C\C(=O)Nc2ccccn2)C(C)(C)CCC1C. The molecule has 1 aliphatic rings. The van der Waals surface area contributed by atoms with Crippen molar-refractivity contribution in [2.24, 2.45) is 11.3 Å². The van der Waals surface area contributed by atoms with Crippen LogP contribution in [0.1, 0.15) is 54.4 Å². The summed E-state index contributed by atoms with van der Waals surface area (Å²) >= 11 is 0. The Morgan fingerprint density at radius 2 is 1.97 bits per heavy atom. The number of amides is 1. The first kappa shape index (κ1) is 22.6. The number of nitrogens with zero attached hydrogens (tertiary/aromatic N) is 1. The highest BCUT2D eigenvalue weighted by molar-refractivity contribution is 5.99. The van der Waals surface area contributed by atoms with E-state index in [1.807, 2.05) is 31.2 Å². The van der Waals surface area contributed by atoms with Gasteiger partial charge in [0.25, 0.3) is 0 Å². The first-order chi connectivity index (χ1) is 13.7. The predicted molar refractivity (Wildman–Crippen MR) is 124 cm³/mol. The van der Waals surface area contributed by atoms with Gasteiger partial charge in [0.05, 0.1) is 0 Å². The molecule has 3 heteroatoms. The van der Waals surface area contributed by atoms with Crippen LogP contribution in [-0.2, 0) is 4.79 Å². The Morgan fingerprint density at radius 3 is 2.66 bits per heavy atom. The monoisotopic (exact) mass is 390 g/mol. The number of aromatic nitrogens is 1. The number of pyridine rings is 1. The molecule has 1 aliphatic carbocycles. The van der Waals surface area contributed by atoms with Crippen molar-refractivity contribution in [3.05, 3.63) is 83.1 Å². The number of hydrogen-bond acceptors (Lipinski definition) is 2. The van der Waals surface area contributed by atoms with Crippen LogP contribution in [0.2, 0.25) is 0 Å². The molecular weight excluding hydrogens is 356 g/mol. The number of carbonyl (C=O) groups excluding carboxylic acids is 1. The minimum Gasteiger partial charge on any atom is -0.307 e. The second kappa shape index (κ2) is 10.2. The quantitative estimate of drug-likeness (QED) is 0.429. The zero-order valence-corrected chi connectivity index (χ0v) is 18.6. The zero-order chi connectivity index (χ0) is 21.4. The number of anilines is 1. The lowest BCUT2D eigenvalue weighted by molar-refractivity contribution is -0.112. The number of carbonyl (C=O) groups is 1. The molecule has 0 aliphatic heterocycles. The summed E-state index contributed by atoms with van der Waals surface area (Å²) in [6, 6.07) is 5.42. The van der Waals surface area contributed by atoms with Gasteiger partial charge in [-0.2, -0.15) is 0 Å². The lowest BCUT2D eigenvalue weighted by Gasteiger charge is -2.36. The molecule has 0 aromatic carbocycles. The van der Waals surface area contributed by atoms with Gasteiger partial charge in [-0.25, -0.2) is 4.98 Å². The van der Waals surface area contributed by atoms with Crippen LogP contribution in [0.3, 0.4) is 0 Å². The summed E-state index contributed by atoms with van der Waals surface area (Å²) in [7, 11) is 0. The third-order valence-corrected chi connectivity index (χ3v) is 5.60. The van der Waals surface area contributed by atoms with Gasteiger partial charge in [0.2, 0.25) is 5.91 Å². The highest BCUT2D eigenvalue weighted by atomic mass is 16.1. The van der Waals surface area contributed by atoms with Gasteiger partial charge in [-0.1, -0.05) is 68.4 Å². The fourth-order valence-electron chi connectivity index (χ4n) is 3.56. The van der Waals surface area contributed by atoms with Crippen molar-refractivity contribution < 1.29 is 4.79 Å². The Balaban J connectivity index is 1.99. The zero-order valence-electron chi connectivity index (χ0n) is 18.6. The van der Waals surface area contributed by atoms with E-state index in [0.29, 0.717) is 11.7 Å². The minimum atomic E-state index is -0.178. The van der Waals surface area contributed by atoms with E-state index >= 15 is 0 Å². The molecule has 0 radical (unpaired) electrons. The van der Waals surface area contributed by atoms with Crippen LogP contribution < -0.4 is 5.32 Å². The first-order valence-corrected chi connectivity index (χ1v) is 10.3. The van der Waals surface area contributed by atoms with Gasteiger partial charge < -0.3 is 5.32 Å². The molecular formula is C26H34N2O. The van der Waals surface area contributed by atoms with E-state index in [1.54, 1.807) is 18.3 Å². The van der Waals surface area contributed by atoms with Gasteiger partial charge in [0, 0.05) is 12.3 Å². The van der Waals surface area contributed by atoms with Crippen molar-refractivity contribution in [2.75, 3.05) is 5.32 Å². The molecule has 1 unspecified atom stereocenters. The summed E-state index contributed by atoms with van der Waals surface area (Å²) in [5.74, 6) is 1.04. The molecule has 29 heavy (non-hydrogen) atoms. The fourth-order valence-corrected chi connectivity index (χ4v) is 3.56. The van der Waals surface area contributed by atoms with E-state index < -0.39 is 0 Å². The topological polar surface area (TPSA) is 42.0 Å². The molecule has 154 valence electrons. The fraction of sp³-hybridized carbons (Fsp3) is 0.385. The van der Waals surface area contributed by atoms with E-state index in [1.165, 1.54) is 29.6 Å². The Bertz CT molecular complexity index is 867. The lowest BCUT2D eigenvalue weighted by Crippen LogP contribution is -2.23. The average molecular weight is 391 g/mol. The van der Waals surface area contributed by atoms with Crippen LogP contribution >= 0.6 is 0 Å². The Hall–Kier alpha value is -2.68. The van der Waals surface area contributed by atoms with E-state index in [2.05, 4.69) is 63.1 Å². The van der Waals surface area contributed by atoms with Crippen molar-refractivity contribution in [1.82, 2.24) is 4.98 Å². The van der Waals surface area contributed by atoms with Crippen LogP contribution in [0.5, 0.6) is 0 Å². The van der Waals surface area contributed by atoms with Gasteiger partial charge in [0.1, 0.15) is 5.82 Å². The summed E-state index contributed by atoms with van der Waals surface area (Å²) in [6.45, 7) is 13.3. The summed E-state index contributed by atoms with van der Waals surface area (Å²) in [4.78, 5) is 16.1. The molecule has 2 rings (SSSR count). The molecule has 1 atom stereocenters. The van der Waals surface area contributed by atoms with E-state index in [-0.39, 0.29) is 11.3 Å². The van der Waals surface area contributed by atoms with E-state index in [0.717, 1.165) is 5.57 Å². The van der Waals surface area contributed by atoms with Crippen LogP contribution in [0.15, 0.2) is 83.1 Å². The van der Waals surface area contributed by atoms with Crippen molar-refractivity contribution in [3.63, 3.8) is 0 Å². The largest absolute Gasteiger partial charge is 0.307 e.